The van der Waals surface area contributed by atoms with Gasteiger partial charge in [0.1, 0.15) is 0 Å². The zero-order valence-electron chi connectivity index (χ0n) is 21.7. The number of carboxylic acid groups (broad SMARTS) is 1. The van der Waals surface area contributed by atoms with Crippen molar-refractivity contribution in [1.29, 1.82) is 0 Å². The van der Waals surface area contributed by atoms with Crippen LogP contribution in [0, 0.1) is 0 Å². The first-order chi connectivity index (χ1) is 17.4. The SMILES string of the molecule is CC(=O)NCS[C@H](CNC(=O)c1cc(-c2ccc3ccccc3c2)n(-c2ccccc2)n1)CC(=O)O.[H-].[Na+]. The van der Waals surface area contributed by atoms with E-state index in [4.69, 9.17) is 0 Å². The number of nitrogens with zero attached hydrogens (tertiary/aromatic N) is 2. The minimum Gasteiger partial charge on any atom is -1.00 e. The summed E-state index contributed by atoms with van der Waals surface area (Å²) in [5, 5.41) is 21.0. The standard InChI is InChI=1S/C27H26N4O4S.Na.H/c1-18(32)29-17-36-23(14-26(33)34)16-28-27(35)24-15-25(31(30-24)22-9-3-2-4-10-22)21-12-11-19-7-5-6-8-20(19)13-21;;/h2-13,15,23H,14,16-17H2,1H3,(H,28,35)(H,29,32)(H,33,34);;/q;+1;-1/t23-;;/m0../s1. The number of aliphatic carboxylic acids is 1. The molecule has 0 radical (unpaired) electrons. The van der Waals surface area contributed by atoms with Gasteiger partial charge in [-0.2, -0.15) is 5.10 Å². The minimum atomic E-state index is -0.975. The predicted molar refractivity (Wildman–Crippen MR) is 142 cm³/mol. The summed E-state index contributed by atoms with van der Waals surface area (Å²) >= 11 is 1.27. The van der Waals surface area contributed by atoms with Crippen molar-refractivity contribution in [2.24, 2.45) is 0 Å². The van der Waals surface area contributed by atoms with Gasteiger partial charge in [0.25, 0.3) is 5.91 Å². The van der Waals surface area contributed by atoms with Gasteiger partial charge in [-0.15, -0.1) is 11.8 Å². The number of carboxylic acids is 1. The first-order valence-corrected chi connectivity index (χ1v) is 12.5. The van der Waals surface area contributed by atoms with Gasteiger partial charge in [0.2, 0.25) is 5.91 Å². The molecule has 3 N–H and O–H groups in total. The summed E-state index contributed by atoms with van der Waals surface area (Å²) in [6, 6.07) is 25.5. The Kier molecular flexibility index (Phi) is 10.3. The molecule has 4 rings (SSSR count). The fourth-order valence-corrected chi connectivity index (χ4v) is 4.74. The van der Waals surface area contributed by atoms with E-state index in [0.717, 1.165) is 27.7 Å². The van der Waals surface area contributed by atoms with Gasteiger partial charge in [-0.3, -0.25) is 14.4 Å². The van der Waals surface area contributed by atoms with Crippen molar-refractivity contribution in [3.05, 3.63) is 84.6 Å². The Labute approximate surface area is 242 Å². The molecule has 1 heterocycles. The Morgan fingerprint density at radius 1 is 0.973 bits per heavy atom. The van der Waals surface area contributed by atoms with Crippen LogP contribution in [0.25, 0.3) is 27.7 Å². The summed E-state index contributed by atoms with van der Waals surface area (Å²) in [6.07, 6.45) is -0.147. The Balaban J connectivity index is 0.00000253. The Bertz CT molecular complexity index is 1400. The van der Waals surface area contributed by atoms with Gasteiger partial charge in [-0.05, 0) is 35.0 Å². The van der Waals surface area contributed by atoms with Gasteiger partial charge in [0.15, 0.2) is 5.69 Å². The van der Waals surface area contributed by atoms with E-state index in [1.165, 1.54) is 18.7 Å². The van der Waals surface area contributed by atoms with E-state index in [2.05, 4.69) is 21.8 Å². The number of thioether (sulfide) groups is 1. The number of hydrogen-bond donors (Lipinski definition) is 3. The maximum atomic E-state index is 13.0. The molecule has 0 spiro atoms. The van der Waals surface area contributed by atoms with E-state index >= 15 is 0 Å². The fraction of sp³-hybridized carbons (Fsp3) is 0.185. The molecule has 1 atom stereocenters. The van der Waals surface area contributed by atoms with Crippen LogP contribution in [0.3, 0.4) is 0 Å². The molecule has 3 aromatic carbocycles. The molecular formula is C27H27N4NaO4S. The number of benzene rings is 3. The van der Waals surface area contributed by atoms with E-state index in [-0.39, 0.29) is 61.4 Å². The predicted octanol–water partition coefficient (Wildman–Crippen LogP) is 1.21. The van der Waals surface area contributed by atoms with Crippen molar-refractivity contribution < 1.29 is 50.5 Å². The zero-order valence-corrected chi connectivity index (χ0v) is 23.5. The average molecular weight is 527 g/mol. The molecule has 186 valence electrons. The normalized spacial score (nSPS) is 11.4. The van der Waals surface area contributed by atoms with Crippen molar-refractivity contribution in [3.8, 4) is 16.9 Å². The van der Waals surface area contributed by atoms with Gasteiger partial charge < -0.3 is 17.2 Å². The zero-order chi connectivity index (χ0) is 25.5. The second-order valence-corrected chi connectivity index (χ2v) is 9.49. The van der Waals surface area contributed by atoms with Crippen LogP contribution >= 0.6 is 11.8 Å². The molecule has 0 bridgehead atoms. The molecule has 8 nitrogen and oxygen atoms in total. The number of amides is 2. The molecule has 2 amide bonds. The third-order valence-corrected chi connectivity index (χ3v) is 6.64. The Hall–Kier alpha value is -3.11. The Morgan fingerprint density at radius 3 is 2.38 bits per heavy atom. The van der Waals surface area contributed by atoms with Crippen LogP contribution in [0.5, 0.6) is 0 Å². The topological polar surface area (TPSA) is 113 Å². The monoisotopic (exact) mass is 526 g/mol. The number of para-hydroxylation sites is 1. The van der Waals surface area contributed by atoms with Crippen LogP contribution in [0.2, 0.25) is 0 Å². The fourth-order valence-electron chi connectivity index (χ4n) is 3.76. The molecule has 0 unspecified atom stereocenters. The largest absolute Gasteiger partial charge is 1.00 e. The first-order valence-electron chi connectivity index (χ1n) is 11.4. The van der Waals surface area contributed by atoms with E-state index in [1.807, 2.05) is 66.7 Å². The summed E-state index contributed by atoms with van der Waals surface area (Å²) in [5.74, 6) is -1.32. The molecule has 0 aliphatic heterocycles. The maximum absolute atomic E-state index is 13.0. The number of hydrogen-bond acceptors (Lipinski definition) is 5. The molecular weight excluding hydrogens is 499 g/mol. The smallest absolute Gasteiger partial charge is 1.00 e. The third-order valence-electron chi connectivity index (χ3n) is 5.52. The summed E-state index contributed by atoms with van der Waals surface area (Å²) in [7, 11) is 0. The molecule has 37 heavy (non-hydrogen) atoms. The first kappa shape index (κ1) is 28.5. The molecule has 0 fully saturated rings. The van der Waals surface area contributed by atoms with Crippen LogP contribution in [0.15, 0.2) is 78.9 Å². The van der Waals surface area contributed by atoms with Gasteiger partial charge in [0.05, 0.1) is 23.7 Å². The Morgan fingerprint density at radius 2 is 1.68 bits per heavy atom. The van der Waals surface area contributed by atoms with Crippen molar-refractivity contribution in [3.63, 3.8) is 0 Å². The second-order valence-electron chi connectivity index (χ2n) is 8.20. The summed E-state index contributed by atoms with van der Waals surface area (Å²) in [5.41, 5.74) is 2.72. The molecule has 0 saturated heterocycles. The van der Waals surface area contributed by atoms with Gasteiger partial charge in [-0.25, -0.2) is 4.68 Å². The summed E-state index contributed by atoms with van der Waals surface area (Å²) in [4.78, 5) is 35.4. The van der Waals surface area contributed by atoms with E-state index in [0.29, 0.717) is 0 Å². The van der Waals surface area contributed by atoms with Crippen molar-refractivity contribution in [2.75, 3.05) is 12.4 Å². The van der Waals surface area contributed by atoms with Gasteiger partial charge >= 0.3 is 35.5 Å². The minimum absolute atomic E-state index is 0. The second kappa shape index (κ2) is 13.4. The van der Waals surface area contributed by atoms with E-state index in [9.17, 15) is 19.5 Å². The number of carbonyl (C=O) groups is 3. The van der Waals surface area contributed by atoms with Crippen molar-refractivity contribution in [2.45, 2.75) is 18.6 Å². The average Bonchev–Trinajstić information content (AvgIpc) is 3.32. The summed E-state index contributed by atoms with van der Waals surface area (Å²) in [6.45, 7) is 1.52. The van der Waals surface area contributed by atoms with Gasteiger partial charge in [0, 0.05) is 24.3 Å². The molecule has 0 aliphatic rings. The molecule has 4 aromatic rings. The van der Waals surface area contributed by atoms with Crippen LogP contribution in [0.4, 0.5) is 0 Å². The van der Waals surface area contributed by atoms with Crippen LogP contribution in [-0.2, 0) is 9.59 Å². The third kappa shape index (κ3) is 7.69. The van der Waals surface area contributed by atoms with E-state index < -0.39 is 17.1 Å². The van der Waals surface area contributed by atoms with E-state index in [1.54, 1.807) is 10.7 Å². The maximum Gasteiger partial charge on any atom is 1.00 e. The molecule has 10 heteroatoms. The summed E-state index contributed by atoms with van der Waals surface area (Å²) < 4.78 is 1.74. The number of carbonyl (C=O) groups excluding carboxylic acids is 2. The van der Waals surface area contributed by atoms with Crippen LogP contribution < -0.4 is 40.2 Å². The van der Waals surface area contributed by atoms with Crippen LogP contribution in [-0.4, -0.2) is 50.3 Å². The molecule has 0 saturated carbocycles. The van der Waals surface area contributed by atoms with Crippen LogP contribution in [0.1, 0.15) is 25.3 Å². The molecule has 1 aromatic heterocycles. The van der Waals surface area contributed by atoms with Crippen molar-refractivity contribution >= 4 is 40.3 Å². The molecule has 0 aliphatic carbocycles. The quantitative estimate of drug-likeness (QED) is 0.212. The number of fused-ring (bicyclic) bond motifs is 1. The van der Waals surface area contributed by atoms with Crippen molar-refractivity contribution in [1.82, 2.24) is 20.4 Å². The number of aromatic nitrogens is 2. The number of rotatable bonds is 10. The number of nitrogens with one attached hydrogen (secondary N) is 2. The van der Waals surface area contributed by atoms with Gasteiger partial charge in [-0.1, -0.05) is 54.6 Å².